The first-order chi connectivity index (χ1) is 16.4. The molecule has 0 spiro atoms. The van der Waals surface area contributed by atoms with Crippen LogP contribution in [0.4, 0.5) is 17.1 Å². The molecule has 0 radical (unpaired) electrons. The van der Waals surface area contributed by atoms with Crippen molar-refractivity contribution in [3.63, 3.8) is 0 Å². The lowest BCUT2D eigenvalue weighted by Gasteiger charge is -2.28. The number of benzene rings is 3. The Balaban J connectivity index is 1.58. The van der Waals surface area contributed by atoms with Crippen LogP contribution in [0.25, 0.3) is 0 Å². The van der Waals surface area contributed by atoms with E-state index >= 15 is 0 Å². The first-order valence-electron chi connectivity index (χ1n) is 10.8. The van der Waals surface area contributed by atoms with Gasteiger partial charge in [0.25, 0.3) is 11.6 Å². The van der Waals surface area contributed by atoms with E-state index in [0.29, 0.717) is 16.4 Å². The highest BCUT2D eigenvalue weighted by atomic mass is 35.5. The third-order valence-electron chi connectivity index (χ3n) is 6.22. The summed E-state index contributed by atoms with van der Waals surface area (Å²) >= 11 is 5.97. The van der Waals surface area contributed by atoms with Crippen LogP contribution < -0.4 is 9.96 Å². The molecule has 0 aromatic heterocycles. The van der Waals surface area contributed by atoms with E-state index in [0.717, 1.165) is 22.4 Å². The second-order valence-corrected chi connectivity index (χ2v) is 8.62. The molecular weight excluding hydrogens is 458 g/mol. The number of rotatable bonds is 5. The van der Waals surface area contributed by atoms with Crippen molar-refractivity contribution in [1.82, 2.24) is 0 Å². The van der Waals surface area contributed by atoms with Crippen molar-refractivity contribution >= 4 is 40.5 Å². The summed E-state index contributed by atoms with van der Waals surface area (Å²) in [5.41, 5.74) is 2.60. The number of carbonyl (C=O) groups is 2. The van der Waals surface area contributed by atoms with E-state index in [9.17, 15) is 19.7 Å². The number of nitro groups is 1. The maximum absolute atomic E-state index is 13.6. The Labute approximate surface area is 200 Å². The van der Waals surface area contributed by atoms with E-state index in [2.05, 4.69) is 0 Å². The largest absolute Gasteiger partial charge is 0.273 e. The van der Waals surface area contributed by atoms with Crippen molar-refractivity contribution in [3.8, 4) is 0 Å². The van der Waals surface area contributed by atoms with Gasteiger partial charge in [0, 0.05) is 17.2 Å². The molecule has 2 heterocycles. The Kier molecular flexibility index (Phi) is 5.55. The normalized spacial score (nSPS) is 21.8. The number of nitro benzene ring substituents is 1. The summed E-state index contributed by atoms with van der Waals surface area (Å²) in [5, 5.41) is 13.3. The van der Waals surface area contributed by atoms with Gasteiger partial charge in [-0.15, -0.1) is 0 Å². The molecule has 2 saturated heterocycles. The van der Waals surface area contributed by atoms with Gasteiger partial charge in [-0.25, -0.2) is 9.96 Å². The third-order valence-corrected chi connectivity index (χ3v) is 6.48. The molecule has 3 aromatic carbocycles. The Hall–Kier alpha value is -3.75. The van der Waals surface area contributed by atoms with Crippen molar-refractivity contribution < 1.29 is 19.3 Å². The quantitative estimate of drug-likeness (QED) is 0.296. The number of non-ortho nitro benzene ring substituents is 1. The number of hydrogen-bond acceptors (Lipinski definition) is 6. The van der Waals surface area contributed by atoms with Crippen molar-refractivity contribution in [1.29, 1.82) is 0 Å². The van der Waals surface area contributed by atoms with E-state index in [1.54, 1.807) is 36.4 Å². The molecular formula is C25H20ClN3O5. The Morgan fingerprint density at radius 2 is 1.68 bits per heavy atom. The van der Waals surface area contributed by atoms with Gasteiger partial charge in [0.1, 0.15) is 5.92 Å². The highest BCUT2D eigenvalue weighted by Gasteiger charge is 2.60. The summed E-state index contributed by atoms with van der Waals surface area (Å²) in [5.74, 6) is -1.70. The van der Waals surface area contributed by atoms with Crippen LogP contribution in [0.15, 0.2) is 72.8 Å². The number of anilines is 2. The molecule has 2 aliphatic rings. The predicted molar refractivity (Wildman–Crippen MR) is 126 cm³/mol. The van der Waals surface area contributed by atoms with Gasteiger partial charge in [-0.1, -0.05) is 48.9 Å². The minimum atomic E-state index is -1.06. The molecule has 3 atom stereocenters. The number of imide groups is 1. The van der Waals surface area contributed by atoms with Gasteiger partial charge in [-0.3, -0.25) is 24.5 Å². The average Bonchev–Trinajstić information content (AvgIpc) is 3.36. The smallest absolute Gasteiger partial charge is 0.271 e. The summed E-state index contributed by atoms with van der Waals surface area (Å²) in [7, 11) is 0. The second kappa shape index (κ2) is 8.55. The highest BCUT2D eigenvalue weighted by Crippen LogP contribution is 2.48. The van der Waals surface area contributed by atoms with E-state index in [4.69, 9.17) is 16.4 Å². The van der Waals surface area contributed by atoms with Crippen LogP contribution in [0.1, 0.15) is 24.1 Å². The molecule has 9 heteroatoms. The molecule has 2 fully saturated rings. The fraction of sp³-hybridized carbons (Fsp3) is 0.200. The standard InChI is InChI=1S/C25H20ClN3O5/c1-2-15-6-8-16(9-7-15)22-21-23(34-28(22)19-4-3-5-20(14-19)29(32)33)25(31)27(24(21)30)18-12-10-17(26)11-13-18/h3-14,21-23H,2H2,1H3/t21-,22-,23-/m1/s1. The Morgan fingerprint density at radius 3 is 2.32 bits per heavy atom. The number of hydroxylamine groups is 1. The first kappa shape index (κ1) is 22.1. The molecule has 0 unspecified atom stereocenters. The Morgan fingerprint density at radius 1 is 0.971 bits per heavy atom. The SMILES string of the molecule is CCc1ccc([C@@H]2[C@H]3C(=O)N(c4ccc(Cl)cc4)C(=O)[C@@H]3ON2c2cccc([N+](=O)[O-])c2)cc1. The third kappa shape index (κ3) is 3.61. The van der Waals surface area contributed by atoms with Crippen molar-refractivity contribution in [3.05, 3.63) is 99.1 Å². The van der Waals surface area contributed by atoms with Crippen LogP contribution in [0.2, 0.25) is 5.02 Å². The second-order valence-electron chi connectivity index (χ2n) is 8.18. The molecule has 8 nitrogen and oxygen atoms in total. The first-order valence-corrected chi connectivity index (χ1v) is 11.2. The van der Waals surface area contributed by atoms with Crippen LogP contribution >= 0.6 is 11.6 Å². The van der Waals surface area contributed by atoms with Gasteiger partial charge in [0.15, 0.2) is 6.10 Å². The highest BCUT2D eigenvalue weighted by molar-refractivity contribution is 6.31. The molecule has 0 aliphatic carbocycles. The topological polar surface area (TPSA) is 93.0 Å². The predicted octanol–water partition coefficient (Wildman–Crippen LogP) is 4.86. The van der Waals surface area contributed by atoms with Crippen LogP contribution in [0.3, 0.4) is 0 Å². The van der Waals surface area contributed by atoms with Gasteiger partial charge in [-0.2, -0.15) is 0 Å². The minimum Gasteiger partial charge on any atom is -0.273 e. The number of aryl methyl sites for hydroxylation is 1. The van der Waals surface area contributed by atoms with Gasteiger partial charge in [0.2, 0.25) is 5.91 Å². The molecule has 3 aromatic rings. The number of carbonyl (C=O) groups excluding carboxylic acids is 2. The van der Waals surface area contributed by atoms with Gasteiger partial charge in [0.05, 0.1) is 22.3 Å². The number of hydrogen-bond donors (Lipinski definition) is 0. The summed E-state index contributed by atoms with van der Waals surface area (Å²) in [4.78, 5) is 45.0. The van der Waals surface area contributed by atoms with Gasteiger partial charge >= 0.3 is 0 Å². The van der Waals surface area contributed by atoms with Crippen LogP contribution in [-0.4, -0.2) is 22.8 Å². The number of halogens is 1. The van der Waals surface area contributed by atoms with E-state index in [-0.39, 0.29) is 5.69 Å². The average molecular weight is 478 g/mol. The number of fused-ring (bicyclic) bond motifs is 1. The number of amides is 2. The molecule has 0 saturated carbocycles. The zero-order valence-electron chi connectivity index (χ0n) is 18.1. The summed E-state index contributed by atoms with van der Waals surface area (Å²) in [6.45, 7) is 2.04. The summed E-state index contributed by atoms with van der Waals surface area (Å²) in [6, 6.07) is 19.5. The molecule has 2 amide bonds. The van der Waals surface area contributed by atoms with Gasteiger partial charge in [-0.05, 0) is 47.9 Å². The van der Waals surface area contributed by atoms with Crippen molar-refractivity contribution in [2.24, 2.45) is 5.92 Å². The lowest BCUT2D eigenvalue weighted by Crippen LogP contribution is -2.37. The summed E-state index contributed by atoms with van der Waals surface area (Å²) in [6.07, 6.45) is -0.206. The zero-order valence-corrected chi connectivity index (χ0v) is 18.9. The van der Waals surface area contributed by atoms with Crippen molar-refractivity contribution in [2.75, 3.05) is 9.96 Å². The number of nitrogens with zero attached hydrogens (tertiary/aromatic N) is 3. The molecule has 172 valence electrons. The molecule has 34 heavy (non-hydrogen) atoms. The fourth-order valence-corrected chi connectivity index (χ4v) is 4.64. The van der Waals surface area contributed by atoms with E-state index < -0.39 is 34.8 Å². The zero-order chi connectivity index (χ0) is 24.0. The van der Waals surface area contributed by atoms with Crippen LogP contribution in [0, 0.1) is 16.0 Å². The maximum Gasteiger partial charge on any atom is 0.271 e. The van der Waals surface area contributed by atoms with E-state index in [1.807, 2.05) is 31.2 Å². The Bertz CT molecular complexity index is 1280. The lowest BCUT2D eigenvalue weighted by atomic mass is 9.90. The van der Waals surface area contributed by atoms with E-state index in [1.165, 1.54) is 17.2 Å². The summed E-state index contributed by atoms with van der Waals surface area (Å²) < 4.78 is 0. The fourth-order valence-electron chi connectivity index (χ4n) is 4.52. The van der Waals surface area contributed by atoms with Crippen LogP contribution in [0.5, 0.6) is 0 Å². The van der Waals surface area contributed by atoms with Gasteiger partial charge < -0.3 is 0 Å². The monoisotopic (exact) mass is 477 g/mol. The van der Waals surface area contributed by atoms with Crippen molar-refractivity contribution in [2.45, 2.75) is 25.5 Å². The lowest BCUT2D eigenvalue weighted by molar-refractivity contribution is -0.384. The minimum absolute atomic E-state index is 0.112. The molecule has 0 bridgehead atoms. The molecule has 0 N–H and O–H groups in total. The molecule has 5 rings (SSSR count). The molecule has 2 aliphatic heterocycles. The van der Waals surface area contributed by atoms with Crippen LogP contribution in [-0.2, 0) is 20.8 Å². The maximum atomic E-state index is 13.6.